The molecule has 0 saturated heterocycles. The summed E-state index contributed by atoms with van der Waals surface area (Å²) in [4.78, 5) is 12.3. The number of nitrogens with one attached hydrogen (secondary N) is 1. The predicted octanol–water partition coefficient (Wildman–Crippen LogP) is 3.82. The first-order chi connectivity index (χ1) is 12.6. The fourth-order valence-electron chi connectivity index (χ4n) is 2.52. The SMILES string of the molecule is COc1ccc(S(=O)(=O)C(C)(C/C=C(\C)CCC=C(C)C)C(=O)NO)cc1. The Kier molecular flexibility index (Phi) is 8.24. The van der Waals surface area contributed by atoms with Gasteiger partial charge in [0.25, 0.3) is 5.91 Å². The van der Waals surface area contributed by atoms with Gasteiger partial charge in [0.15, 0.2) is 14.6 Å². The van der Waals surface area contributed by atoms with Gasteiger partial charge in [0.05, 0.1) is 12.0 Å². The average Bonchev–Trinajstić information content (AvgIpc) is 2.64. The summed E-state index contributed by atoms with van der Waals surface area (Å²) < 4.78 is 29.4. The van der Waals surface area contributed by atoms with Gasteiger partial charge >= 0.3 is 0 Å². The fraction of sp³-hybridized carbons (Fsp3) is 0.450. The van der Waals surface area contributed by atoms with Gasteiger partial charge in [-0.25, -0.2) is 13.9 Å². The van der Waals surface area contributed by atoms with Gasteiger partial charge in [0.2, 0.25) is 0 Å². The largest absolute Gasteiger partial charge is 0.497 e. The van der Waals surface area contributed by atoms with E-state index in [9.17, 15) is 13.2 Å². The van der Waals surface area contributed by atoms with Gasteiger partial charge < -0.3 is 4.74 Å². The van der Waals surface area contributed by atoms with Crippen molar-refractivity contribution in [1.82, 2.24) is 5.48 Å². The Morgan fingerprint density at radius 1 is 1.19 bits per heavy atom. The molecular weight excluding hydrogens is 366 g/mol. The van der Waals surface area contributed by atoms with Crippen LogP contribution in [0.2, 0.25) is 0 Å². The zero-order valence-corrected chi connectivity index (χ0v) is 17.4. The quantitative estimate of drug-likeness (QED) is 0.377. The Morgan fingerprint density at radius 2 is 1.78 bits per heavy atom. The number of hydroxylamine groups is 1. The second-order valence-electron chi connectivity index (χ2n) is 6.93. The summed E-state index contributed by atoms with van der Waals surface area (Å²) in [6.45, 7) is 7.25. The monoisotopic (exact) mass is 395 g/mol. The van der Waals surface area contributed by atoms with Crippen molar-refractivity contribution in [2.24, 2.45) is 0 Å². The van der Waals surface area contributed by atoms with Crippen molar-refractivity contribution >= 4 is 15.7 Å². The number of allylic oxidation sites excluding steroid dienone is 4. The number of methoxy groups -OCH3 is 1. The highest BCUT2D eigenvalue weighted by Crippen LogP contribution is 2.31. The standard InChI is InChI=1S/C20H29NO5S/c1-15(2)7-6-8-16(3)13-14-20(4,19(22)21-23)27(24,25)18-11-9-17(26-5)10-12-18/h7,9-13,23H,6,8,14H2,1-5H3,(H,21,22)/b16-13+. The zero-order chi connectivity index (χ0) is 20.7. The first-order valence-electron chi connectivity index (χ1n) is 8.70. The van der Waals surface area contributed by atoms with Crippen molar-refractivity contribution < 1.29 is 23.2 Å². The van der Waals surface area contributed by atoms with E-state index in [1.807, 2.05) is 20.8 Å². The summed E-state index contributed by atoms with van der Waals surface area (Å²) in [7, 11) is -2.57. The lowest BCUT2D eigenvalue weighted by molar-refractivity contribution is -0.131. The molecule has 27 heavy (non-hydrogen) atoms. The lowest BCUT2D eigenvalue weighted by atomic mass is 10.0. The number of carbonyl (C=O) groups excluding carboxylic acids is 1. The number of rotatable bonds is 9. The fourth-order valence-corrected chi connectivity index (χ4v) is 4.12. The maximum absolute atomic E-state index is 13.1. The maximum atomic E-state index is 13.1. The Labute approximate surface area is 161 Å². The Balaban J connectivity index is 3.17. The molecule has 1 amide bonds. The molecule has 0 radical (unpaired) electrons. The van der Waals surface area contributed by atoms with Crippen LogP contribution in [0.1, 0.15) is 47.0 Å². The van der Waals surface area contributed by atoms with Gasteiger partial charge in [-0.15, -0.1) is 0 Å². The molecule has 7 heteroatoms. The molecule has 1 aromatic carbocycles. The Hall–Kier alpha value is -2.12. The summed E-state index contributed by atoms with van der Waals surface area (Å²) >= 11 is 0. The number of sulfone groups is 1. The van der Waals surface area contributed by atoms with Gasteiger partial charge in [-0.3, -0.25) is 10.0 Å². The molecule has 1 unspecified atom stereocenters. The number of hydrogen-bond acceptors (Lipinski definition) is 5. The molecule has 150 valence electrons. The molecule has 1 rings (SSSR count). The summed E-state index contributed by atoms with van der Waals surface area (Å²) in [6, 6.07) is 5.82. The molecule has 2 N–H and O–H groups in total. The first-order valence-corrected chi connectivity index (χ1v) is 10.2. The molecule has 0 aromatic heterocycles. The van der Waals surface area contributed by atoms with E-state index in [1.54, 1.807) is 6.08 Å². The van der Waals surface area contributed by atoms with Gasteiger partial charge in [-0.1, -0.05) is 23.3 Å². The van der Waals surface area contributed by atoms with Gasteiger partial charge in [-0.05, 0) is 71.2 Å². The van der Waals surface area contributed by atoms with Crippen LogP contribution in [0, 0.1) is 0 Å². The van der Waals surface area contributed by atoms with E-state index in [0.29, 0.717) is 5.75 Å². The zero-order valence-electron chi connectivity index (χ0n) is 16.6. The lowest BCUT2D eigenvalue weighted by Gasteiger charge is -2.26. The second kappa shape index (κ2) is 9.71. The van der Waals surface area contributed by atoms with Crippen LogP contribution < -0.4 is 10.2 Å². The molecule has 6 nitrogen and oxygen atoms in total. The van der Waals surface area contributed by atoms with Crippen LogP contribution >= 0.6 is 0 Å². The topological polar surface area (TPSA) is 92.7 Å². The van der Waals surface area contributed by atoms with E-state index in [4.69, 9.17) is 9.94 Å². The average molecular weight is 396 g/mol. The third kappa shape index (κ3) is 5.68. The van der Waals surface area contributed by atoms with Crippen molar-refractivity contribution in [3.05, 3.63) is 47.6 Å². The van der Waals surface area contributed by atoms with E-state index in [-0.39, 0.29) is 11.3 Å². The van der Waals surface area contributed by atoms with Crippen molar-refractivity contribution in [2.45, 2.75) is 56.6 Å². The van der Waals surface area contributed by atoms with Gasteiger partial charge in [-0.2, -0.15) is 0 Å². The van der Waals surface area contributed by atoms with Crippen LogP contribution in [0.4, 0.5) is 0 Å². The number of ether oxygens (including phenoxy) is 1. The smallest absolute Gasteiger partial charge is 0.265 e. The van der Waals surface area contributed by atoms with Gasteiger partial charge in [0.1, 0.15) is 5.75 Å². The minimum atomic E-state index is -4.05. The Morgan fingerprint density at radius 3 is 2.26 bits per heavy atom. The first kappa shape index (κ1) is 22.9. The number of benzene rings is 1. The second-order valence-corrected chi connectivity index (χ2v) is 9.30. The van der Waals surface area contributed by atoms with Crippen LogP contribution in [0.15, 0.2) is 52.5 Å². The molecule has 0 aliphatic carbocycles. The van der Waals surface area contributed by atoms with Crippen molar-refractivity contribution in [3.63, 3.8) is 0 Å². The van der Waals surface area contributed by atoms with Crippen LogP contribution in [-0.4, -0.2) is 31.4 Å². The molecule has 0 spiro atoms. The maximum Gasteiger partial charge on any atom is 0.265 e. The van der Waals surface area contributed by atoms with Crippen molar-refractivity contribution in [1.29, 1.82) is 0 Å². The number of carbonyl (C=O) groups is 1. The molecule has 0 aliphatic heterocycles. The van der Waals surface area contributed by atoms with Gasteiger partial charge in [0, 0.05) is 0 Å². The molecule has 1 atom stereocenters. The van der Waals surface area contributed by atoms with Crippen molar-refractivity contribution in [3.8, 4) is 5.75 Å². The summed E-state index contributed by atoms with van der Waals surface area (Å²) in [5, 5.41) is 9.12. The van der Waals surface area contributed by atoms with Crippen LogP contribution in [0.3, 0.4) is 0 Å². The molecule has 0 heterocycles. The van der Waals surface area contributed by atoms with E-state index in [2.05, 4.69) is 6.08 Å². The van der Waals surface area contributed by atoms with E-state index < -0.39 is 20.5 Å². The minimum absolute atomic E-state index is 0.00926. The number of amides is 1. The minimum Gasteiger partial charge on any atom is -0.497 e. The van der Waals surface area contributed by atoms with Crippen molar-refractivity contribution in [2.75, 3.05) is 7.11 Å². The highest BCUT2D eigenvalue weighted by molar-refractivity contribution is 7.93. The van der Waals surface area contributed by atoms with E-state index in [0.717, 1.165) is 18.4 Å². The number of hydrogen-bond donors (Lipinski definition) is 2. The van der Waals surface area contributed by atoms with E-state index in [1.165, 1.54) is 49.4 Å². The third-order valence-electron chi connectivity index (χ3n) is 4.48. The molecule has 0 aliphatic rings. The third-order valence-corrected chi connectivity index (χ3v) is 6.91. The summed E-state index contributed by atoms with van der Waals surface area (Å²) in [5.41, 5.74) is 3.70. The summed E-state index contributed by atoms with van der Waals surface area (Å²) in [5.74, 6) is -0.455. The highest BCUT2D eigenvalue weighted by Gasteiger charge is 2.46. The molecule has 0 bridgehead atoms. The molecule has 1 aromatic rings. The Bertz CT molecular complexity index is 805. The predicted molar refractivity (Wildman–Crippen MR) is 106 cm³/mol. The molecule has 0 fully saturated rings. The lowest BCUT2D eigenvalue weighted by Crippen LogP contribution is -2.49. The van der Waals surface area contributed by atoms with Crippen LogP contribution in [0.25, 0.3) is 0 Å². The normalized spacial score (nSPS) is 14.2. The summed E-state index contributed by atoms with van der Waals surface area (Å²) in [6.07, 6.45) is 5.41. The van der Waals surface area contributed by atoms with Crippen LogP contribution in [0.5, 0.6) is 5.75 Å². The van der Waals surface area contributed by atoms with E-state index >= 15 is 0 Å². The molecule has 0 saturated carbocycles. The van der Waals surface area contributed by atoms with Crippen LogP contribution in [-0.2, 0) is 14.6 Å². The molecular formula is C20H29NO5S. The highest BCUT2D eigenvalue weighted by atomic mass is 32.2.